The van der Waals surface area contributed by atoms with Crippen molar-refractivity contribution in [2.45, 2.75) is 94.2 Å². The van der Waals surface area contributed by atoms with Crippen molar-refractivity contribution in [3.05, 3.63) is 213 Å². The van der Waals surface area contributed by atoms with Gasteiger partial charge in [0.25, 0.3) is 19.3 Å². The molecule has 5 aromatic carbocycles. The van der Waals surface area contributed by atoms with Gasteiger partial charge in [0.15, 0.2) is 8.32 Å². The third kappa shape index (κ3) is 13.5. The number of rotatable bonds is 21. The van der Waals surface area contributed by atoms with Gasteiger partial charge in [-0.15, -0.1) is 0 Å². The fourth-order valence-corrected chi connectivity index (χ4v) is 12.4. The maximum absolute atomic E-state index is 15.1. The van der Waals surface area contributed by atoms with E-state index >= 15 is 4.57 Å². The SMILES string of the molecule is COc1ccc(C(OC[C@H]2O[C@@H](n3ccc(NC(=O)c4ccccc4)nc3=O)C[C@@H]2NP(C)(=O)OC[C@H]2O[C@@H](n3ccc(NC(=O)c4ccccc4)nc3=O)C[C@@H]2O[Si](C)(C)C(C)(C)C)(c2ccccc2)c2ccc(OC)cc2)cc1. The zero-order valence-electron chi connectivity index (χ0n) is 46.5. The number of benzene rings is 5. The topological polar surface area (TPSA) is 222 Å². The molecule has 2 aliphatic rings. The van der Waals surface area contributed by atoms with Gasteiger partial charge in [0, 0.05) is 49.1 Å². The zero-order chi connectivity index (χ0) is 57.5. The van der Waals surface area contributed by atoms with E-state index < -0.39 is 81.4 Å². The molecule has 7 aromatic rings. The molecule has 21 heteroatoms. The van der Waals surface area contributed by atoms with E-state index in [2.05, 4.69) is 59.6 Å². The minimum atomic E-state index is -3.84. The van der Waals surface area contributed by atoms with E-state index in [0.29, 0.717) is 22.6 Å². The first-order chi connectivity index (χ1) is 38.8. The lowest BCUT2D eigenvalue weighted by Crippen LogP contribution is -2.46. The first-order valence-corrected chi connectivity index (χ1v) is 31.6. The molecule has 0 bridgehead atoms. The Hall–Kier alpha value is -7.39. The van der Waals surface area contributed by atoms with Gasteiger partial charge in [-0.3, -0.25) is 23.3 Å². The van der Waals surface area contributed by atoms with Crippen molar-refractivity contribution in [3.8, 4) is 11.5 Å². The Morgan fingerprint density at radius 3 is 1.53 bits per heavy atom. The monoisotopic (exact) mass is 1140 g/mol. The summed E-state index contributed by atoms with van der Waals surface area (Å²) < 4.78 is 62.9. The standard InChI is InChI=1S/C60H68N7O12PSi/c1-59(2,3)81(7,8)79-48-37-54(67-35-33-52(64-58(67)71)62-56(69)41-20-14-10-15-21-41)78-50(48)39-76-80(6,72)65-47-36-53(66-34-32-51(63-57(66)70)61-55(68)40-18-12-9-13-19-40)77-49(47)38-75-60(42-22-16-11-17-23-42,43-24-28-45(73-4)29-25-43)44-26-30-46(74-5)31-27-44/h9-35,47-50,53-54H,36-39H2,1-8H3,(H,65,72)(H,61,63,68,70)(H,62,64,69,71)/t47-,48-,49+,50+,53+,54+,80?/m0/s1. The number of ether oxygens (including phenoxy) is 5. The molecule has 0 aliphatic carbocycles. The number of amides is 2. The van der Waals surface area contributed by atoms with E-state index in [1.807, 2.05) is 78.9 Å². The van der Waals surface area contributed by atoms with Crippen LogP contribution in [0.5, 0.6) is 11.5 Å². The second kappa shape index (κ2) is 24.8. The summed E-state index contributed by atoms with van der Waals surface area (Å²) in [7, 11) is -3.12. The van der Waals surface area contributed by atoms with Crippen molar-refractivity contribution in [3.63, 3.8) is 0 Å². The number of anilines is 2. The molecular formula is C60H68N7O12PSi. The first-order valence-electron chi connectivity index (χ1n) is 26.6. The van der Waals surface area contributed by atoms with Gasteiger partial charge in [-0.25, -0.2) is 14.7 Å². The number of nitrogens with zero attached hydrogens (tertiary/aromatic N) is 4. The van der Waals surface area contributed by atoms with Gasteiger partial charge in [0.2, 0.25) is 0 Å². The quantitative estimate of drug-likeness (QED) is 0.0346. The predicted molar refractivity (Wildman–Crippen MR) is 310 cm³/mol. The lowest BCUT2D eigenvalue weighted by atomic mass is 9.80. The molecule has 19 nitrogen and oxygen atoms in total. The van der Waals surface area contributed by atoms with Crippen LogP contribution in [0.1, 0.15) is 83.5 Å². The Balaban J connectivity index is 1.00. The molecule has 424 valence electrons. The van der Waals surface area contributed by atoms with Crippen molar-refractivity contribution in [2.24, 2.45) is 0 Å². The summed E-state index contributed by atoms with van der Waals surface area (Å²) in [5.74, 6) is 0.570. The highest BCUT2D eigenvalue weighted by molar-refractivity contribution is 7.56. The molecule has 4 heterocycles. The lowest BCUT2D eigenvalue weighted by Gasteiger charge is -2.39. The van der Waals surface area contributed by atoms with Crippen LogP contribution >= 0.6 is 7.52 Å². The summed E-state index contributed by atoms with van der Waals surface area (Å²) >= 11 is 0. The molecular weight excluding hydrogens is 1070 g/mol. The van der Waals surface area contributed by atoms with Gasteiger partial charge in [0.05, 0.1) is 39.6 Å². The number of nitrogens with one attached hydrogen (secondary N) is 3. The average Bonchev–Trinajstić information content (AvgIpc) is 4.17. The van der Waals surface area contributed by atoms with E-state index in [4.69, 9.17) is 32.6 Å². The van der Waals surface area contributed by atoms with E-state index in [-0.39, 0.29) is 42.7 Å². The molecule has 1 unspecified atom stereocenters. The second-order valence-electron chi connectivity index (χ2n) is 21.5. The fraction of sp³-hybridized carbons (Fsp3) is 0.333. The largest absolute Gasteiger partial charge is 0.497 e. The molecule has 2 amide bonds. The summed E-state index contributed by atoms with van der Waals surface area (Å²) in [4.78, 5) is 61.9. The number of hydrogen-bond acceptors (Lipinski definition) is 14. The summed E-state index contributed by atoms with van der Waals surface area (Å²) in [6, 6.07) is 44.4. The number of methoxy groups -OCH3 is 2. The summed E-state index contributed by atoms with van der Waals surface area (Å²) in [5, 5.41) is 8.46. The Bertz CT molecular complexity index is 3410. The average molecular weight is 1140 g/mol. The predicted octanol–water partition coefficient (Wildman–Crippen LogP) is 9.79. The van der Waals surface area contributed by atoms with Crippen LogP contribution in [0.3, 0.4) is 0 Å². The minimum absolute atomic E-state index is 0.0495. The van der Waals surface area contributed by atoms with Crippen LogP contribution in [0.15, 0.2) is 174 Å². The minimum Gasteiger partial charge on any atom is -0.497 e. The number of carbonyl (C=O) groups is 2. The molecule has 2 saturated heterocycles. The molecule has 0 radical (unpaired) electrons. The Morgan fingerprint density at radius 1 is 0.630 bits per heavy atom. The van der Waals surface area contributed by atoms with Crippen LogP contribution in [-0.4, -0.2) is 97.7 Å². The first kappa shape index (κ1) is 58.3. The molecule has 0 spiro atoms. The van der Waals surface area contributed by atoms with Crippen LogP contribution in [0, 0.1) is 0 Å². The molecule has 0 saturated carbocycles. The van der Waals surface area contributed by atoms with E-state index in [1.165, 1.54) is 40.3 Å². The van der Waals surface area contributed by atoms with Crippen molar-refractivity contribution in [1.29, 1.82) is 0 Å². The lowest BCUT2D eigenvalue weighted by molar-refractivity contribution is -0.0806. The summed E-state index contributed by atoms with van der Waals surface area (Å²) in [6.45, 7) is 11.8. The Kier molecular flexibility index (Phi) is 17.8. The number of aromatic nitrogens is 4. The Labute approximate surface area is 471 Å². The zero-order valence-corrected chi connectivity index (χ0v) is 48.4. The smallest absolute Gasteiger partial charge is 0.351 e. The number of carbonyl (C=O) groups excluding carboxylic acids is 2. The van der Waals surface area contributed by atoms with Gasteiger partial charge in [-0.2, -0.15) is 9.97 Å². The van der Waals surface area contributed by atoms with Crippen LogP contribution in [0.2, 0.25) is 18.1 Å². The molecule has 81 heavy (non-hydrogen) atoms. The van der Waals surface area contributed by atoms with Crippen molar-refractivity contribution >= 4 is 39.3 Å². The third-order valence-electron chi connectivity index (χ3n) is 15.0. The molecule has 7 atom stereocenters. The van der Waals surface area contributed by atoms with Gasteiger partial charge in [-0.05, 0) is 95.5 Å². The molecule has 3 N–H and O–H groups in total. The number of hydrogen-bond donors (Lipinski definition) is 3. The van der Waals surface area contributed by atoms with E-state index in [1.54, 1.807) is 74.9 Å². The van der Waals surface area contributed by atoms with E-state index in [0.717, 1.165) is 16.7 Å². The van der Waals surface area contributed by atoms with Crippen LogP contribution < -0.4 is 36.6 Å². The highest BCUT2D eigenvalue weighted by Gasteiger charge is 2.48. The van der Waals surface area contributed by atoms with Crippen LogP contribution in [0.4, 0.5) is 11.6 Å². The third-order valence-corrected chi connectivity index (χ3v) is 21.0. The maximum Gasteiger partial charge on any atom is 0.351 e. The van der Waals surface area contributed by atoms with Crippen LogP contribution in [0.25, 0.3) is 0 Å². The highest BCUT2D eigenvalue weighted by Crippen LogP contribution is 2.47. The molecule has 2 aliphatic heterocycles. The van der Waals surface area contributed by atoms with Gasteiger partial charge < -0.3 is 43.3 Å². The molecule has 2 aromatic heterocycles. The molecule has 9 rings (SSSR count). The van der Waals surface area contributed by atoms with Gasteiger partial charge >= 0.3 is 11.4 Å². The Morgan fingerprint density at radius 2 is 1.07 bits per heavy atom. The van der Waals surface area contributed by atoms with Crippen molar-refractivity contribution in [2.75, 3.05) is 44.7 Å². The normalized spacial score (nSPS) is 20.0. The fourth-order valence-electron chi connectivity index (χ4n) is 9.69. The molecule has 2 fully saturated rings. The second-order valence-corrected chi connectivity index (χ2v) is 28.4. The van der Waals surface area contributed by atoms with Crippen LogP contribution in [-0.2, 0) is 33.3 Å². The summed E-state index contributed by atoms with van der Waals surface area (Å²) in [6.07, 6.45) is -0.670. The van der Waals surface area contributed by atoms with Crippen molar-refractivity contribution < 1.29 is 46.8 Å². The van der Waals surface area contributed by atoms with Gasteiger partial charge in [0.1, 0.15) is 47.3 Å². The van der Waals surface area contributed by atoms with Crippen molar-refractivity contribution in [1.82, 2.24) is 24.2 Å². The van der Waals surface area contributed by atoms with Gasteiger partial charge in [-0.1, -0.05) is 112 Å². The van der Waals surface area contributed by atoms with E-state index in [9.17, 15) is 19.2 Å². The highest BCUT2D eigenvalue weighted by atomic mass is 31.2. The maximum atomic E-state index is 15.1. The summed E-state index contributed by atoms with van der Waals surface area (Å²) in [5.41, 5.74) is 0.525.